The van der Waals surface area contributed by atoms with E-state index >= 15 is 0 Å². The van der Waals surface area contributed by atoms with Crippen molar-refractivity contribution >= 4 is 35.7 Å². The molecule has 0 aliphatic rings. The van der Waals surface area contributed by atoms with Crippen LogP contribution in [0.5, 0.6) is 0 Å². The van der Waals surface area contributed by atoms with Gasteiger partial charge in [-0.25, -0.2) is 0 Å². The van der Waals surface area contributed by atoms with E-state index in [2.05, 4.69) is 54.1 Å². The standard InChI is InChI=1S/C30H32N4O2/c1-3-5-19-33(20-6-4-2)29-16-11-24(12-17-29)7-8-26-10-15-28(32-23-26)14-9-25-13-18-30(34(35)36)27(21-25)22-31/h7-18,21,23H,3-6,19-20H2,1-2H3/b8-7+,14-9+. The molecule has 0 unspecified atom stereocenters. The summed E-state index contributed by atoms with van der Waals surface area (Å²) in [6.45, 7) is 6.66. The highest BCUT2D eigenvalue weighted by Gasteiger charge is 2.12. The minimum Gasteiger partial charge on any atom is -0.372 e. The Kier molecular flexibility index (Phi) is 9.96. The molecule has 0 N–H and O–H groups in total. The molecule has 6 heteroatoms. The predicted molar refractivity (Wildman–Crippen MR) is 148 cm³/mol. The van der Waals surface area contributed by atoms with E-state index in [1.165, 1.54) is 43.5 Å². The van der Waals surface area contributed by atoms with Crippen LogP contribution in [0.1, 0.15) is 67.5 Å². The molecule has 6 nitrogen and oxygen atoms in total. The molecule has 0 saturated heterocycles. The number of hydrogen-bond donors (Lipinski definition) is 0. The molecule has 1 aromatic heterocycles. The third-order valence-corrected chi connectivity index (χ3v) is 5.88. The van der Waals surface area contributed by atoms with Gasteiger partial charge in [0.15, 0.2) is 0 Å². The Morgan fingerprint density at radius 2 is 1.50 bits per heavy atom. The van der Waals surface area contributed by atoms with Crippen LogP contribution in [0, 0.1) is 21.4 Å². The Bertz CT molecular complexity index is 1230. The van der Waals surface area contributed by atoms with E-state index in [0.717, 1.165) is 29.9 Å². The molecular formula is C30H32N4O2. The van der Waals surface area contributed by atoms with Crippen molar-refractivity contribution in [2.75, 3.05) is 18.0 Å². The number of nitro benzene ring substituents is 1. The monoisotopic (exact) mass is 480 g/mol. The molecule has 0 aliphatic carbocycles. The molecule has 36 heavy (non-hydrogen) atoms. The minimum atomic E-state index is -0.552. The van der Waals surface area contributed by atoms with Gasteiger partial charge in [-0.2, -0.15) is 5.26 Å². The lowest BCUT2D eigenvalue weighted by molar-refractivity contribution is -0.385. The summed E-state index contributed by atoms with van der Waals surface area (Å²) in [6, 6.07) is 19.0. The first kappa shape index (κ1) is 26.4. The van der Waals surface area contributed by atoms with Crippen LogP contribution >= 0.6 is 0 Å². The zero-order valence-corrected chi connectivity index (χ0v) is 20.9. The highest BCUT2D eigenvalue weighted by atomic mass is 16.6. The van der Waals surface area contributed by atoms with E-state index in [-0.39, 0.29) is 11.3 Å². The van der Waals surface area contributed by atoms with Crippen molar-refractivity contribution in [2.24, 2.45) is 0 Å². The van der Waals surface area contributed by atoms with Crippen LogP contribution in [0.15, 0.2) is 60.8 Å². The summed E-state index contributed by atoms with van der Waals surface area (Å²) >= 11 is 0. The Morgan fingerprint density at radius 1 is 0.889 bits per heavy atom. The van der Waals surface area contributed by atoms with E-state index in [9.17, 15) is 10.1 Å². The number of pyridine rings is 1. The lowest BCUT2D eigenvalue weighted by Crippen LogP contribution is -2.25. The average Bonchev–Trinajstić information content (AvgIpc) is 2.91. The number of nitro groups is 1. The molecule has 0 saturated carbocycles. The lowest BCUT2D eigenvalue weighted by atomic mass is 10.1. The van der Waals surface area contributed by atoms with Crippen LogP contribution in [0.4, 0.5) is 11.4 Å². The van der Waals surface area contributed by atoms with E-state index in [4.69, 9.17) is 5.26 Å². The van der Waals surface area contributed by atoms with E-state index in [0.29, 0.717) is 5.56 Å². The maximum atomic E-state index is 11.0. The van der Waals surface area contributed by atoms with Crippen molar-refractivity contribution in [1.82, 2.24) is 4.98 Å². The second kappa shape index (κ2) is 13.6. The third-order valence-electron chi connectivity index (χ3n) is 5.88. The molecule has 184 valence electrons. The minimum absolute atomic E-state index is 0.0401. The van der Waals surface area contributed by atoms with Gasteiger partial charge in [0.1, 0.15) is 11.6 Å². The molecular weight excluding hydrogens is 448 g/mol. The van der Waals surface area contributed by atoms with Crippen LogP contribution in [0.3, 0.4) is 0 Å². The van der Waals surface area contributed by atoms with Crippen molar-refractivity contribution in [2.45, 2.75) is 39.5 Å². The number of rotatable bonds is 12. The van der Waals surface area contributed by atoms with Gasteiger partial charge in [0.05, 0.1) is 10.6 Å². The topological polar surface area (TPSA) is 83.1 Å². The fraction of sp³-hybridized carbons (Fsp3) is 0.267. The lowest BCUT2D eigenvalue weighted by Gasteiger charge is -2.24. The van der Waals surface area contributed by atoms with Crippen LogP contribution in [-0.2, 0) is 0 Å². The van der Waals surface area contributed by atoms with Gasteiger partial charge in [0.2, 0.25) is 0 Å². The van der Waals surface area contributed by atoms with E-state index < -0.39 is 4.92 Å². The summed E-state index contributed by atoms with van der Waals surface area (Å²) in [6.07, 6.45) is 14.3. The van der Waals surface area contributed by atoms with Crippen molar-refractivity contribution in [1.29, 1.82) is 5.26 Å². The molecule has 0 radical (unpaired) electrons. The average molecular weight is 481 g/mol. The Morgan fingerprint density at radius 3 is 2.08 bits per heavy atom. The highest BCUT2D eigenvalue weighted by Crippen LogP contribution is 2.21. The molecule has 3 rings (SSSR count). The summed E-state index contributed by atoms with van der Waals surface area (Å²) in [5.41, 5.74) is 4.72. The molecule has 2 aromatic carbocycles. The molecule has 3 aromatic rings. The normalized spacial score (nSPS) is 11.1. The van der Waals surface area contributed by atoms with Gasteiger partial charge < -0.3 is 4.90 Å². The van der Waals surface area contributed by atoms with Gasteiger partial charge in [0, 0.05) is 31.0 Å². The fourth-order valence-corrected chi connectivity index (χ4v) is 3.76. The Hall–Kier alpha value is -4.24. The van der Waals surface area contributed by atoms with Crippen LogP contribution in [0.25, 0.3) is 24.3 Å². The number of unbranched alkanes of at least 4 members (excludes halogenated alkanes) is 2. The molecule has 1 heterocycles. The van der Waals surface area contributed by atoms with Crippen molar-refractivity contribution in [3.05, 3.63) is 98.9 Å². The van der Waals surface area contributed by atoms with Gasteiger partial charge in [-0.1, -0.05) is 63.1 Å². The molecule has 0 fully saturated rings. The summed E-state index contributed by atoms with van der Waals surface area (Å²) < 4.78 is 0. The number of benzene rings is 2. The van der Waals surface area contributed by atoms with Gasteiger partial charge in [-0.3, -0.25) is 15.1 Å². The smallest absolute Gasteiger partial charge is 0.287 e. The highest BCUT2D eigenvalue weighted by molar-refractivity contribution is 5.72. The second-order valence-electron chi connectivity index (χ2n) is 8.61. The summed E-state index contributed by atoms with van der Waals surface area (Å²) in [7, 11) is 0. The number of anilines is 1. The van der Waals surface area contributed by atoms with E-state index in [1.54, 1.807) is 18.3 Å². The first-order chi connectivity index (χ1) is 17.5. The summed E-state index contributed by atoms with van der Waals surface area (Å²) in [5.74, 6) is 0. The van der Waals surface area contributed by atoms with Crippen LogP contribution < -0.4 is 4.90 Å². The van der Waals surface area contributed by atoms with Gasteiger partial charge in [-0.05, 0) is 65.9 Å². The maximum absolute atomic E-state index is 11.0. The molecule has 0 aliphatic heterocycles. The SMILES string of the molecule is CCCCN(CCCC)c1ccc(/C=C/c2ccc(/C=C/c3ccc([N+](=O)[O-])c(C#N)c3)nc2)cc1. The van der Waals surface area contributed by atoms with Crippen molar-refractivity contribution < 1.29 is 4.92 Å². The predicted octanol–water partition coefficient (Wildman–Crippen LogP) is 7.61. The maximum Gasteiger partial charge on any atom is 0.287 e. The van der Waals surface area contributed by atoms with Crippen LogP contribution in [0.2, 0.25) is 0 Å². The molecule has 0 atom stereocenters. The summed E-state index contributed by atoms with van der Waals surface area (Å²) in [5, 5.41) is 20.1. The zero-order chi connectivity index (χ0) is 25.8. The van der Waals surface area contributed by atoms with Gasteiger partial charge in [0.25, 0.3) is 5.69 Å². The van der Waals surface area contributed by atoms with Crippen molar-refractivity contribution in [3.8, 4) is 6.07 Å². The zero-order valence-electron chi connectivity index (χ0n) is 20.9. The van der Waals surface area contributed by atoms with Crippen molar-refractivity contribution in [3.63, 3.8) is 0 Å². The molecule has 0 spiro atoms. The number of nitriles is 1. The second-order valence-corrected chi connectivity index (χ2v) is 8.61. The number of hydrogen-bond acceptors (Lipinski definition) is 5. The largest absolute Gasteiger partial charge is 0.372 e. The third kappa shape index (κ3) is 7.64. The summed E-state index contributed by atoms with van der Waals surface area (Å²) in [4.78, 5) is 17.4. The quantitative estimate of drug-likeness (QED) is 0.197. The first-order valence-corrected chi connectivity index (χ1v) is 12.4. The Balaban J connectivity index is 1.63. The van der Waals surface area contributed by atoms with Crippen LogP contribution in [-0.4, -0.2) is 23.0 Å². The number of nitrogens with zero attached hydrogens (tertiary/aromatic N) is 4. The van der Waals surface area contributed by atoms with Gasteiger partial charge in [-0.15, -0.1) is 0 Å². The van der Waals surface area contributed by atoms with E-state index in [1.807, 2.05) is 30.4 Å². The molecule has 0 bridgehead atoms. The van der Waals surface area contributed by atoms with Gasteiger partial charge >= 0.3 is 0 Å². The Labute approximate surface area is 213 Å². The molecule has 0 amide bonds. The number of aromatic nitrogens is 1. The fourth-order valence-electron chi connectivity index (χ4n) is 3.76. The first-order valence-electron chi connectivity index (χ1n) is 12.4.